The van der Waals surface area contributed by atoms with Crippen LogP contribution in [-0.4, -0.2) is 77.0 Å². The molecule has 0 aliphatic heterocycles. The van der Waals surface area contributed by atoms with Gasteiger partial charge >= 0.3 is 11.9 Å². The molecule has 286 valence electrons. The number of carbonyl (C=O) groups excluding carboxylic acids is 1. The molecule has 0 saturated heterocycles. The summed E-state index contributed by atoms with van der Waals surface area (Å²) < 4.78 is 38.4. The van der Waals surface area contributed by atoms with Crippen LogP contribution in [0.1, 0.15) is 88.2 Å². The Balaban J connectivity index is 0.000000204. The summed E-state index contributed by atoms with van der Waals surface area (Å²) in [5.74, 6) is 2.54. The maximum atomic E-state index is 12.2. The normalized spacial score (nSPS) is 27.8. The molecule has 0 spiro atoms. The van der Waals surface area contributed by atoms with E-state index in [9.17, 15) is 25.2 Å². The van der Waals surface area contributed by atoms with E-state index in [1.807, 2.05) is 36.4 Å². The fourth-order valence-corrected chi connectivity index (χ4v) is 7.43. The minimum atomic E-state index is -1.20. The second-order valence-electron chi connectivity index (χ2n) is 14.8. The summed E-state index contributed by atoms with van der Waals surface area (Å²) in [6, 6.07) is 16.2. The smallest absolute Gasteiger partial charge is 0.338 e. The van der Waals surface area contributed by atoms with Gasteiger partial charge < -0.3 is 38.3 Å². The number of hydrogen-bond acceptors (Lipinski definition) is 11. The van der Waals surface area contributed by atoms with Gasteiger partial charge in [0.2, 0.25) is 0 Å². The molecule has 0 heterocycles. The highest BCUT2D eigenvalue weighted by Gasteiger charge is 2.50. The molecule has 53 heavy (non-hydrogen) atoms. The van der Waals surface area contributed by atoms with E-state index in [4.69, 9.17) is 33.2 Å². The van der Waals surface area contributed by atoms with Crippen molar-refractivity contribution in [2.75, 3.05) is 48.8 Å². The molecule has 12 nitrogen and oxygen atoms in total. The molecule has 2 aromatic carbocycles. The van der Waals surface area contributed by atoms with Gasteiger partial charge in [-0.25, -0.2) is 9.59 Å². The highest BCUT2D eigenvalue weighted by atomic mass is 16.6. The van der Waals surface area contributed by atoms with E-state index in [1.165, 1.54) is 47.0 Å². The number of methoxy groups -OCH3 is 5. The number of ether oxygens (including phenoxy) is 7. The number of nitrogens with zero attached hydrogens (tertiary/aromatic N) is 2. The number of aliphatic carboxylic acids is 1. The predicted octanol–water partition coefficient (Wildman–Crippen LogP) is 6.67. The number of benzene rings is 2. The van der Waals surface area contributed by atoms with Gasteiger partial charge in [-0.2, -0.15) is 10.5 Å². The number of carboxylic acids is 1. The van der Waals surface area contributed by atoms with Gasteiger partial charge in [-0.05, 0) is 124 Å². The molecule has 0 amide bonds. The standard InChI is InChI=1S/C21H27NO5.C20H25NO5/c1-24-17-7-6-16(12-18(17)27-13-15-4-5-15)20(14-22)8-10-21(26-3,11-9-20)19(23)25-2;1-24-16-6-5-15(11-17(16)26-12-14-3-4-14)19(13-21)7-9-20(25-2,10-8-19)18(22)23/h6-7,12,15H,4-5,8-11,13H2,1-3H3;5-6,11,14H,3-4,7-10,12H2,1-2H3,(H,22,23). The fraction of sp³-hybridized carbons (Fsp3) is 0.610. The van der Waals surface area contributed by atoms with Crippen LogP contribution in [-0.2, 0) is 34.6 Å². The average molecular weight is 733 g/mol. The van der Waals surface area contributed by atoms with Crippen LogP contribution in [0.5, 0.6) is 23.0 Å². The summed E-state index contributed by atoms with van der Waals surface area (Å²) in [6.45, 7) is 1.33. The monoisotopic (exact) mass is 732 g/mol. The Morgan fingerprint density at radius 1 is 0.642 bits per heavy atom. The number of hydrogen-bond donors (Lipinski definition) is 1. The van der Waals surface area contributed by atoms with Crippen LogP contribution in [0.3, 0.4) is 0 Å². The van der Waals surface area contributed by atoms with Crippen molar-refractivity contribution in [1.29, 1.82) is 10.5 Å². The van der Waals surface area contributed by atoms with E-state index in [0.717, 1.165) is 11.1 Å². The third-order valence-electron chi connectivity index (χ3n) is 11.8. The number of nitriles is 2. The van der Waals surface area contributed by atoms with Crippen molar-refractivity contribution in [1.82, 2.24) is 0 Å². The molecule has 4 saturated carbocycles. The Labute approximate surface area is 312 Å². The molecule has 2 aromatic rings. The fourth-order valence-electron chi connectivity index (χ4n) is 7.43. The van der Waals surface area contributed by atoms with Crippen LogP contribution in [0.15, 0.2) is 36.4 Å². The van der Waals surface area contributed by atoms with Crippen molar-refractivity contribution in [2.24, 2.45) is 11.8 Å². The minimum Gasteiger partial charge on any atom is -0.493 e. The van der Waals surface area contributed by atoms with E-state index in [-0.39, 0.29) is 5.97 Å². The Kier molecular flexibility index (Phi) is 12.5. The van der Waals surface area contributed by atoms with Crippen LogP contribution >= 0.6 is 0 Å². The Bertz CT molecular complexity index is 1690. The molecule has 0 radical (unpaired) electrons. The maximum absolute atomic E-state index is 12.2. The first kappa shape index (κ1) is 39.7. The molecule has 0 unspecified atom stereocenters. The van der Waals surface area contributed by atoms with Gasteiger partial charge in [0.05, 0.1) is 57.5 Å². The number of rotatable bonds is 14. The average Bonchev–Trinajstić information content (AvgIpc) is 4.15. The molecule has 4 aliphatic carbocycles. The van der Waals surface area contributed by atoms with Crippen molar-refractivity contribution < 1.29 is 47.9 Å². The first-order chi connectivity index (χ1) is 25.5. The molecule has 0 bridgehead atoms. The second-order valence-corrected chi connectivity index (χ2v) is 14.8. The van der Waals surface area contributed by atoms with Gasteiger partial charge in [-0.15, -0.1) is 0 Å². The number of carboxylic acid groups (broad SMARTS) is 1. The first-order valence-electron chi connectivity index (χ1n) is 18.4. The van der Waals surface area contributed by atoms with Crippen molar-refractivity contribution in [3.05, 3.63) is 47.5 Å². The lowest BCUT2D eigenvalue weighted by molar-refractivity contribution is -0.171. The van der Waals surface area contributed by atoms with Crippen molar-refractivity contribution in [3.8, 4) is 35.1 Å². The van der Waals surface area contributed by atoms with E-state index in [1.54, 1.807) is 14.2 Å². The summed E-state index contributed by atoms with van der Waals surface area (Å²) in [5.41, 5.74) is -1.83. The van der Waals surface area contributed by atoms with E-state index >= 15 is 0 Å². The second kappa shape index (κ2) is 16.7. The number of esters is 1. The lowest BCUT2D eigenvalue weighted by Gasteiger charge is -2.40. The zero-order valence-electron chi connectivity index (χ0n) is 31.5. The quantitative estimate of drug-likeness (QED) is 0.205. The molecule has 4 aliphatic rings. The SMILES string of the molecule is COC(=O)C1(OC)CCC(C#N)(c2ccc(OC)c(OCC3CC3)c2)CC1.COc1ccc(C2(C#N)CCC(OC)(C(=O)O)CC2)cc1OCC1CC1. The molecule has 12 heteroatoms. The highest BCUT2D eigenvalue weighted by Crippen LogP contribution is 2.48. The van der Waals surface area contributed by atoms with Crippen molar-refractivity contribution in [3.63, 3.8) is 0 Å². The Morgan fingerprint density at radius 2 is 1.04 bits per heavy atom. The van der Waals surface area contributed by atoms with Gasteiger partial charge in [-0.3, -0.25) is 0 Å². The van der Waals surface area contributed by atoms with E-state index in [2.05, 4.69) is 12.1 Å². The maximum Gasteiger partial charge on any atom is 0.338 e. The van der Waals surface area contributed by atoms with Gasteiger partial charge in [0, 0.05) is 14.2 Å². The van der Waals surface area contributed by atoms with Gasteiger partial charge in [0.15, 0.2) is 34.2 Å². The molecule has 0 atom stereocenters. The first-order valence-corrected chi connectivity index (χ1v) is 18.4. The van der Waals surface area contributed by atoms with Crippen LogP contribution in [0.4, 0.5) is 0 Å². The Hall–Kier alpha value is -4.52. The summed E-state index contributed by atoms with van der Waals surface area (Å²) in [6.07, 6.45) is 8.16. The van der Waals surface area contributed by atoms with Crippen molar-refractivity contribution >= 4 is 11.9 Å². The Morgan fingerprint density at radius 3 is 1.34 bits per heavy atom. The number of carbonyl (C=O) groups is 2. The van der Waals surface area contributed by atoms with Crippen molar-refractivity contribution in [2.45, 2.75) is 99.1 Å². The lowest BCUT2D eigenvalue weighted by Crippen LogP contribution is -2.48. The minimum absolute atomic E-state index is 0.302. The van der Waals surface area contributed by atoms with Gasteiger partial charge in [0.25, 0.3) is 0 Å². The lowest BCUT2D eigenvalue weighted by atomic mass is 9.66. The summed E-state index contributed by atoms with van der Waals surface area (Å²) in [7, 11) is 7.52. The summed E-state index contributed by atoms with van der Waals surface area (Å²) in [4.78, 5) is 23.8. The molecule has 0 aromatic heterocycles. The van der Waals surface area contributed by atoms with Gasteiger partial charge in [-0.1, -0.05) is 12.1 Å². The summed E-state index contributed by atoms with van der Waals surface area (Å²) in [5, 5.41) is 29.4. The van der Waals surface area contributed by atoms with Crippen LogP contribution < -0.4 is 18.9 Å². The molecule has 6 rings (SSSR count). The zero-order chi connectivity index (χ0) is 38.3. The largest absolute Gasteiger partial charge is 0.493 e. The molecular weight excluding hydrogens is 680 g/mol. The van der Waals surface area contributed by atoms with Crippen LogP contribution in [0, 0.1) is 34.5 Å². The highest BCUT2D eigenvalue weighted by molar-refractivity contribution is 5.80. The van der Waals surface area contributed by atoms with E-state index < -0.39 is 28.0 Å². The van der Waals surface area contributed by atoms with Crippen LogP contribution in [0.25, 0.3) is 0 Å². The predicted molar refractivity (Wildman–Crippen MR) is 193 cm³/mol. The zero-order valence-corrected chi connectivity index (χ0v) is 31.5. The topological polar surface area (TPSA) is 167 Å². The summed E-state index contributed by atoms with van der Waals surface area (Å²) >= 11 is 0. The molecule has 1 N–H and O–H groups in total. The molecule has 4 fully saturated rings. The van der Waals surface area contributed by atoms with Gasteiger partial charge in [0.1, 0.15) is 0 Å². The third kappa shape index (κ3) is 8.50. The third-order valence-corrected chi connectivity index (χ3v) is 11.8. The van der Waals surface area contributed by atoms with E-state index in [0.29, 0.717) is 99.4 Å². The van der Waals surface area contributed by atoms with Crippen LogP contribution in [0.2, 0.25) is 0 Å². The molecular formula is C41H52N2O10.